The summed E-state index contributed by atoms with van der Waals surface area (Å²) in [5.74, 6) is 1.45. The first-order valence-electron chi connectivity index (χ1n) is 49.2. The number of fused-ring (bicyclic) bond motifs is 11. The minimum Gasteiger partial charge on any atom is -0.264 e. The van der Waals surface area contributed by atoms with Crippen molar-refractivity contribution in [2.75, 3.05) is 0 Å². The second-order valence-corrected chi connectivity index (χ2v) is 34.8. The van der Waals surface area contributed by atoms with Gasteiger partial charge in [0.1, 0.15) is 0 Å². The lowest BCUT2D eigenvalue weighted by molar-refractivity contribution is 1.18. The highest BCUT2D eigenvalue weighted by Gasteiger charge is 2.21. The van der Waals surface area contributed by atoms with Gasteiger partial charge in [-0.25, -0.2) is 29.9 Å². The van der Waals surface area contributed by atoms with Crippen LogP contribution in [0, 0.1) is 0 Å². The van der Waals surface area contributed by atoms with Crippen LogP contribution in [0.25, 0.3) is 255 Å². The predicted molar refractivity (Wildman–Crippen MR) is 581 cm³/mol. The van der Waals surface area contributed by atoms with E-state index in [2.05, 4.69) is 373 Å². The fourth-order valence-corrected chi connectivity index (χ4v) is 19.3. The van der Waals surface area contributed by atoms with Gasteiger partial charge in [-0.1, -0.05) is 388 Å². The van der Waals surface area contributed by atoms with E-state index in [9.17, 15) is 0 Å². The summed E-state index contributed by atoms with van der Waals surface area (Å²) in [4.78, 5) is 43.5. The molecule has 6 heterocycles. The quantitative estimate of drug-likeness (QED) is 0.0925. The van der Waals surface area contributed by atoms with Crippen LogP contribution in [-0.2, 0) is 0 Å². The summed E-state index contributed by atoms with van der Waals surface area (Å²) in [6.07, 6.45) is 11.1. The van der Waals surface area contributed by atoms with Gasteiger partial charge in [-0.15, -0.1) is 0 Å². The number of hydrogen-bond acceptors (Lipinski definition) is 9. The van der Waals surface area contributed by atoms with Crippen molar-refractivity contribution in [3.05, 3.63) is 516 Å². The van der Waals surface area contributed by atoms with Crippen molar-refractivity contribution in [3.63, 3.8) is 0 Å². The molecule has 9 heteroatoms. The Morgan fingerprint density at radius 3 is 0.843 bits per heavy atom. The Morgan fingerprint density at radius 1 is 0.143 bits per heavy atom. The molecule has 654 valence electrons. The first kappa shape index (κ1) is 78.6. The third-order valence-electron chi connectivity index (χ3n) is 26.1. The van der Waals surface area contributed by atoms with E-state index in [-0.39, 0.29) is 23.5 Å². The van der Waals surface area contributed by atoms with Crippen LogP contribution >= 0.6 is 0 Å². The van der Waals surface area contributed by atoms with Gasteiger partial charge in [0.2, 0.25) is 0 Å². The second-order valence-electron chi connectivity index (χ2n) is 34.8. The van der Waals surface area contributed by atoms with Crippen molar-refractivity contribution in [1.29, 1.82) is 0 Å². The van der Waals surface area contributed by atoms with E-state index < -0.39 is 18.1 Å². The zero-order valence-corrected chi connectivity index (χ0v) is 75.7. The topological polar surface area (TPSA) is 116 Å². The maximum Gasteiger partial charge on any atom is 0.160 e. The smallest absolute Gasteiger partial charge is 0.160 e. The normalized spacial score (nSPS) is 11.8. The van der Waals surface area contributed by atoms with Gasteiger partial charge < -0.3 is 0 Å². The Hall–Kier alpha value is -18.8. The fraction of sp³-hybridized carbons (Fsp3) is 0. The Labute approximate surface area is 817 Å². The van der Waals surface area contributed by atoms with Crippen LogP contribution in [0.4, 0.5) is 0 Å². The zero-order chi connectivity index (χ0) is 97.4. The minimum absolute atomic E-state index is 0.0470. The van der Waals surface area contributed by atoms with Crippen LogP contribution in [0.15, 0.2) is 516 Å². The summed E-state index contributed by atoms with van der Waals surface area (Å²) < 4.78 is 42.2. The molecule has 0 saturated carbocycles. The molecule has 0 bridgehead atoms. The molecule has 0 unspecified atom stereocenters. The number of nitrogens with zero attached hydrogens (tertiary/aromatic N) is 9. The van der Waals surface area contributed by atoms with Crippen LogP contribution in [0.3, 0.4) is 0 Å². The van der Waals surface area contributed by atoms with Gasteiger partial charge in [-0.2, -0.15) is 0 Å². The summed E-state index contributed by atoms with van der Waals surface area (Å²) in [7, 11) is 0. The summed E-state index contributed by atoms with van der Waals surface area (Å²) in [6.45, 7) is 0. The van der Waals surface area contributed by atoms with Crippen molar-refractivity contribution in [1.82, 2.24) is 44.9 Å². The molecule has 140 heavy (non-hydrogen) atoms. The molecular formula is C131H85N9. The van der Waals surface area contributed by atoms with E-state index in [1.165, 1.54) is 75.8 Å². The SMILES string of the molecule is [2H]c1c([2H])c([2H])c(-c2nc(-c3cccc(-c4cccnc4)c3)cc(-c3cccc(-c4cc5ccccc5c5ccccc45)c3)n2)c([2H])c1[2H].c1cc(-c2cc(-c3cccc(-c4cc5ccccc5c5ccccc45)c3)nc(-c3ccc4ccccc4c3)n2)cc(-c2cncc3ccccc23)c1.c1ccc(-c2nc(-c3cccc(-c4cccnc4)c3)cc(-c3cccc(-c4cc5ccccc5c5ccccc45)c3)n2)cc1. The van der Waals surface area contributed by atoms with Crippen LogP contribution in [0.2, 0.25) is 0 Å². The van der Waals surface area contributed by atoms with E-state index in [0.717, 1.165) is 144 Å². The lowest BCUT2D eigenvalue weighted by atomic mass is 9.92. The highest BCUT2D eigenvalue weighted by Crippen LogP contribution is 2.44. The average molecular weight is 1790 g/mol. The molecule has 0 N–H and O–H groups in total. The maximum absolute atomic E-state index is 8.70. The van der Waals surface area contributed by atoms with Gasteiger partial charge in [-0.05, 0) is 222 Å². The molecule has 0 atom stereocenters. The van der Waals surface area contributed by atoms with E-state index >= 15 is 0 Å². The van der Waals surface area contributed by atoms with Crippen molar-refractivity contribution in [2.45, 2.75) is 0 Å². The van der Waals surface area contributed by atoms with Gasteiger partial charge in [0.25, 0.3) is 0 Å². The fourth-order valence-electron chi connectivity index (χ4n) is 19.3. The van der Waals surface area contributed by atoms with E-state index in [0.29, 0.717) is 23.0 Å². The molecule has 26 rings (SSSR count). The summed E-state index contributed by atoms with van der Waals surface area (Å²) in [5.41, 5.74) is 25.3. The molecule has 20 aromatic carbocycles. The maximum atomic E-state index is 8.70. The Balaban J connectivity index is 0.000000117. The lowest BCUT2D eigenvalue weighted by Gasteiger charge is -2.14. The molecule has 6 aromatic heterocycles. The second kappa shape index (κ2) is 37.6. The average Bonchev–Trinajstić information content (AvgIpc) is 0.763. The van der Waals surface area contributed by atoms with Crippen molar-refractivity contribution < 1.29 is 6.85 Å². The van der Waals surface area contributed by atoms with Crippen molar-refractivity contribution >= 4 is 86.2 Å². The molecule has 0 aliphatic heterocycles. The van der Waals surface area contributed by atoms with Crippen LogP contribution in [0.5, 0.6) is 0 Å². The molecule has 0 aliphatic carbocycles. The lowest BCUT2D eigenvalue weighted by Crippen LogP contribution is -1.96. The molecule has 9 nitrogen and oxygen atoms in total. The molecule has 0 amide bonds. The van der Waals surface area contributed by atoms with Crippen LogP contribution < -0.4 is 0 Å². The molecule has 0 spiro atoms. The summed E-state index contributed by atoms with van der Waals surface area (Å²) in [6, 6.07) is 154. The standard InChI is InChI=1S/C49H31N3.2C41H27N3/c1-2-12-33-25-39(24-23-32(33)11-1)49-51-47(29-48(52-49)38-18-10-16-35(27-38)46-31-50-30-40-14-4-6-20-42(40)46)37-17-9-15-34(26-37)45-28-36-13-3-5-19-41(36)43-21-7-8-22-44(43)45;2*1-2-11-28(12-3-1)41-43-39(32-16-8-14-29(23-32)34-18-10-22-42-27-34)26-40(44-41)33-17-9-15-30(24-33)38-25-31-13-4-5-19-35(31)36-20-6-7-21-37(36)38/h1-31H;2*1-27H/i;1D,2D,3D,11D,12D;. The van der Waals surface area contributed by atoms with E-state index in [1.54, 1.807) is 18.6 Å². The minimum atomic E-state index is -0.463. The number of pyridine rings is 3. The van der Waals surface area contributed by atoms with Gasteiger partial charge >= 0.3 is 0 Å². The number of benzene rings is 20. The van der Waals surface area contributed by atoms with Crippen LogP contribution in [0.1, 0.15) is 6.85 Å². The third-order valence-corrected chi connectivity index (χ3v) is 26.1. The van der Waals surface area contributed by atoms with Crippen LogP contribution in [-0.4, -0.2) is 44.9 Å². The molecule has 0 saturated heterocycles. The van der Waals surface area contributed by atoms with E-state index in [1.807, 2.05) is 110 Å². The molecule has 0 radical (unpaired) electrons. The first-order valence-corrected chi connectivity index (χ1v) is 46.7. The van der Waals surface area contributed by atoms with Gasteiger partial charge in [0.15, 0.2) is 17.5 Å². The number of hydrogen-bond donors (Lipinski definition) is 0. The van der Waals surface area contributed by atoms with Gasteiger partial charge in [0, 0.05) is 109 Å². The Kier molecular flexibility index (Phi) is 21.1. The monoisotopic (exact) mass is 1790 g/mol. The van der Waals surface area contributed by atoms with E-state index in [4.69, 9.17) is 36.8 Å². The highest BCUT2D eigenvalue weighted by molar-refractivity contribution is 6.17. The van der Waals surface area contributed by atoms with Gasteiger partial charge in [-0.3, -0.25) is 15.0 Å². The Bertz CT molecular complexity index is 9530. The van der Waals surface area contributed by atoms with Gasteiger partial charge in [0.05, 0.1) is 41.0 Å². The zero-order valence-electron chi connectivity index (χ0n) is 80.7. The molecule has 0 fully saturated rings. The Morgan fingerprint density at radius 2 is 0.443 bits per heavy atom. The van der Waals surface area contributed by atoms with Crippen molar-refractivity contribution in [3.8, 4) is 168 Å². The largest absolute Gasteiger partial charge is 0.264 e. The first-order chi connectivity index (χ1) is 71.4. The summed E-state index contributed by atoms with van der Waals surface area (Å²) in [5, 5.41) is 19.3. The molecule has 0 aliphatic rings. The molecular weight excluding hydrogens is 1700 g/mol. The number of aromatic nitrogens is 9. The van der Waals surface area contributed by atoms with Crippen molar-refractivity contribution in [2.24, 2.45) is 0 Å². The highest BCUT2D eigenvalue weighted by atomic mass is 14.9. The molecule has 26 aromatic rings. The summed E-state index contributed by atoms with van der Waals surface area (Å²) >= 11 is 0. The predicted octanol–water partition coefficient (Wildman–Crippen LogP) is 33.8. The third kappa shape index (κ3) is 17.1. The number of rotatable bonds is 15.